The average molecular weight is 456 g/mol. The number of para-hydroxylation sites is 1. The second-order valence-corrected chi connectivity index (χ2v) is 10.3. The molecule has 1 unspecified atom stereocenters. The summed E-state index contributed by atoms with van der Waals surface area (Å²) in [5.41, 5.74) is 3.04. The van der Waals surface area contributed by atoms with E-state index in [0.29, 0.717) is 24.3 Å². The molecule has 0 radical (unpaired) electrons. The Hall–Kier alpha value is -2.71. The Bertz CT molecular complexity index is 1140. The Kier molecular flexibility index (Phi) is 6.35. The van der Waals surface area contributed by atoms with Crippen LogP contribution in [0.1, 0.15) is 44.2 Å². The maximum absolute atomic E-state index is 13.2. The summed E-state index contributed by atoms with van der Waals surface area (Å²) < 4.78 is 27.7. The minimum absolute atomic E-state index is 0.221. The van der Waals surface area contributed by atoms with E-state index in [0.717, 1.165) is 36.9 Å². The molecular weight excluding hydrogens is 426 g/mol. The van der Waals surface area contributed by atoms with Gasteiger partial charge in [-0.25, -0.2) is 8.42 Å². The van der Waals surface area contributed by atoms with E-state index in [1.165, 1.54) is 16.1 Å². The van der Waals surface area contributed by atoms with Gasteiger partial charge in [0.1, 0.15) is 6.04 Å². The Morgan fingerprint density at radius 3 is 2.47 bits per heavy atom. The van der Waals surface area contributed by atoms with Gasteiger partial charge in [-0.3, -0.25) is 14.5 Å². The van der Waals surface area contributed by atoms with E-state index in [2.05, 4.69) is 5.32 Å². The molecule has 1 saturated heterocycles. The predicted molar refractivity (Wildman–Crippen MR) is 124 cm³/mol. The second kappa shape index (κ2) is 9.03. The van der Waals surface area contributed by atoms with Crippen LogP contribution in [0.3, 0.4) is 0 Å². The van der Waals surface area contributed by atoms with Gasteiger partial charge in [0, 0.05) is 37.8 Å². The SMILES string of the molecule is CCc1ccccc1NC(=O)C1Cc2cc(S(=O)(=O)N3CCCCC3)ccc2N1C(C)=O. The maximum Gasteiger partial charge on any atom is 0.247 e. The number of nitrogens with one attached hydrogen (secondary N) is 1. The largest absolute Gasteiger partial charge is 0.324 e. The summed E-state index contributed by atoms with van der Waals surface area (Å²) in [6, 6.07) is 11.7. The summed E-state index contributed by atoms with van der Waals surface area (Å²) in [4.78, 5) is 27.3. The van der Waals surface area contributed by atoms with E-state index in [9.17, 15) is 18.0 Å². The maximum atomic E-state index is 13.2. The van der Waals surface area contributed by atoms with Gasteiger partial charge in [-0.2, -0.15) is 4.31 Å². The highest BCUT2D eigenvalue weighted by molar-refractivity contribution is 7.89. The number of rotatable bonds is 5. The molecule has 1 N–H and O–H groups in total. The summed E-state index contributed by atoms with van der Waals surface area (Å²) in [5, 5.41) is 2.96. The summed E-state index contributed by atoms with van der Waals surface area (Å²) in [7, 11) is -3.59. The molecule has 0 spiro atoms. The number of nitrogens with zero attached hydrogens (tertiary/aromatic N) is 2. The van der Waals surface area contributed by atoms with E-state index >= 15 is 0 Å². The number of hydrogen-bond donors (Lipinski definition) is 1. The van der Waals surface area contributed by atoms with Crippen molar-refractivity contribution >= 4 is 33.2 Å². The van der Waals surface area contributed by atoms with Gasteiger partial charge in [0.2, 0.25) is 21.8 Å². The van der Waals surface area contributed by atoms with Crippen LogP contribution in [0.2, 0.25) is 0 Å². The first kappa shape index (κ1) is 22.5. The normalized spacial score (nSPS) is 18.9. The van der Waals surface area contributed by atoms with Gasteiger partial charge in [0.25, 0.3) is 0 Å². The molecular formula is C24H29N3O4S. The van der Waals surface area contributed by atoms with Crippen LogP contribution < -0.4 is 10.2 Å². The molecule has 7 nitrogen and oxygen atoms in total. The fraction of sp³-hybridized carbons (Fsp3) is 0.417. The van der Waals surface area contributed by atoms with E-state index < -0.39 is 16.1 Å². The van der Waals surface area contributed by atoms with E-state index in [1.807, 2.05) is 31.2 Å². The third-order valence-corrected chi connectivity index (χ3v) is 8.18. The predicted octanol–water partition coefficient (Wildman–Crippen LogP) is 3.34. The van der Waals surface area contributed by atoms with Crippen molar-refractivity contribution < 1.29 is 18.0 Å². The van der Waals surface area contributed by atoms with E-state index in [-0.39, 0.29) is 23.1 Å². The Morgan fingerprint density at radius 2 is 1.78 bits per heavy atom. The van der Waals surface area contributed by atoms with E-state index in [1.54, 1.807) is 18.2 Å². The molecule has 1 fully saturated rings. The van der Waals surface area contributed by atoms with Crippen molar-refractivity contribution in [3.8, 4) is 0 Å². The molecule has 2 aromatic carbocycles. The Morgan fingerprint density at radius 1 is 1.06 bits per heavy atom. The van der Waals surface area contributed by atoms with Gasteiger partial charge >= 0.3 is 0 Å². The number of amides is 2. The number of carbonyl (C=O) groups excluding carboxylic acids is 2. The molecule has 8 heteroatoms. The van der Waals surface area contributed by atoms with Crippen LogP contribution in [0.25, 0.3) is 0 Å². The molecule has 2 aliphatic rings. The van der Waals surface area contributed by atoms with Crippen LogP contribution in [0.5, 0.6) is 0 Å². The van der Waals surface area contributed by atoms with Gasteiger partial charge in [-0.1, -0.05) is 31.5 Å². The molecule has 2 heterocycles. The number of hydrogen-bond acceptors (Lipinski definition) is 4. The van der Waals surface area contributed by atoms with Gasteiger partial charge in [-0.15, -0.1) is 0 Å². The average Bonchev–Trinajstić information content (AvgIpc) is 3.19. The highest BCUT2D eigenvalue weighted by Gasteiger charge is 2.38. The first-order valence-electron chi connectivity index (χ1n) is 11.1. The van der Waals surface area contributed by atoms with Crippen LogP contribution in [0.4, 0.5) is 11.4 Å². The number of anilines is 2. The lowest BCUT2D eigenvalue weighted by atomic mass is 10.1. The molecule has 4 rings (SSSR count). The quantitative estimate of drug-likeness (QED) is 0.749. The third kappa shape index (κ3) is 4.17. The van der Waals surface area contributed by atoms with Crippen LogP contribution in [-0.2, 0) is 32.5 Å². The minimum Gasteiger partial charge on any atom is -0.324 e. The molecule has 0 aromatic heterocycles. The third-order valence-electron chi connectivity index (χ3n) is 6.29. The summed E-state index contributed by atoms with van der Waals surface area (Å²) >= 11 is 0. The Labute approximate surface area is 189 Å². The zero-order valence-electron chi connectivity index (χ0n) is 18.5. The number of benzene rings is 2. The fourth-order valence-corrected chi connectivity index (χ4v) is 6.18. The van der Waals surface area contributed by atoms with Crippen molar-refractivity contribution in [1.82, 2.24) is 4.31 Å². The second-order valence-electron chi connectivity index (χ2n) is 8.36. The minimum atomic E-state index is -3.59. The summed E-state index contributed by atoms with van der Waals surface area (Å²) in [6.45, 7) is 4.50. The number of piperidine rings is 1. The highest BCUT2D eigenvalue weighted by Crippen LogP contribution is 2.35. The molecule has 0 bridgehead atoms. The molecule has 2 amide bonds. The first-order valence-corrected chi connectivity index (χ1v) is 12.6. The standard InChI is InChI=1S/C24H29N3O4S/c1-3-18-9-5-6-10-21(18)25-24(29)23-16-19-15-20(11-12-22(19)27(23)17(2)28)32(30,31)26-13-7-4-8-14-26/h5-6,9-12,15,23H,3-4,7-8,13-14,16H2,1-2H3,(H,25,29). The Balaban J connectivity index is 1.62. The van der Waals surface area contributed by atoms with Crippen molar-refractivity contribution in [2.24, 2.45) is 0 Å². The lowest BCUT2D eigenvalue weighted by Gasteiger charge is -2.26. The summed E-state index contributed by atoms with van der Waals surface area (Å²) in [6.07, 6.45) is 3.82. The van der Waals surface area contributed by atoms with Crippen molar-refractivity contribution in [2.75, 3.05) is 23.3 Å². The van der Waals surface area contributed by atoms with Gasteiger partial charge in [0.05, 0.1) is 4.90 Å². The smallest absolute Gasteiger partial charge is 0.247 e. The topological polar surface area (TPSA) is 86.8 Å². The van der Waals surface area contributed by atoms with Gasteiger partial charge in [-0.05, 0) is 54.7 Å². The van der Waals surface area contributed by atoms with E-state index in [4.69, 9.17) is 0 Å². The molecule has 2 aliphatic heterocycles. The fourth-order valence-electron chi connectivity index (χ4n) is 4.61. The van der Waals surface area contributed by atoms with Crippen molar-refractivity contribution in [3.05, 3.63) is 53.6 Å². The molecule has 0 aliphatic carbocycles. The van der Waals surface area contributed by atoms with Crippen molar-refractivity contribution in [1.29, 1.82) is 0 Å². The molecule has 1 atom stereocenters. The number of carbonyl (C=O) groups is 2. The lowest BCUT2D eigenvalue weighted by Crippen LogP contribution is -2.44. The number of fused-ring (bicyclic) bond motifs is 1. The monoisotopic (exact) mass is 455 g/mol. The van der Waals surface area contributed by atoms with Gasteiger partial charge < -0.3 is 5.32 Å². The first-order chi connectivity index (χ1) is 15.3. The molecule has 0 saturated carbocycles. The number of sulfonamides is 1. The van der Waals surface area contributed by atoms with Crippen molar-refractivity contribution in [2.45, 2.75) is 56.9 Å². The zero-order valence-corrected chi connectivity index (χ0v) is 19.3. The molecule has 32 heavy (non-hydrogen) atoms. The van der Waals surface area contributed by atoms with Crippen LogP contribution in [-0.4, -0.2) is 43.7 Å². The van der Waals surface area contributed by atoms with Gasteiger partial charge in [0.15, 0.2) is 0 Å². The van der Waals surface area contributed by atoms with Crippen LogP contribution in [0.15, 0.2) is 47.4 Å². The molecule has 2 aromatic rings. The van der Waals surface area contributed by atoms with Crippen LogP contribution >= 0.6 is 0 Å². The summed E-state index contributed by atoms with van der Waals surface area (Å²) in [5.74, 6) is -0.531. The number of aryl methyl sites for hydroxylation is 1. The highest BCUT2D eigenvalue weighted by atomic mass is 32.2. The lowest BCUT2D eigenvalue weighted by molar-refractivity contribution is -0.122. The van der Waals surface area contributed by atoms with Crippen molar-refractivity contribution in [3.63, 3.8) is 0 Å². The molecule has 170 valence electrons. The van der Waals surface area contributed by atoms with Crippen LogP contribution in [0, 0.1) is 0 Å². The zero-order chi connectivity index (χ0) is 22.9.